The molecule has 2 rings (SSSR count). The summed E-state index contributed by atoms with van der Waals surface area (Å²) in [5.41, 5.74) is 0. The molecule has 1 aromatic rings. The summed E-state index contributed by atoms with van der Waals surface area (Å²) in [7, 11) is 0. The fourth-order valence-corrected chi connectivity index (χ4v) is 1.74. The predicted molar refractivity (Wildman–Crippen MR) is 47.9 cm³/mol. The largest absolute Gasteiger partial charge is 0.349 e. The molecule has 2 heterocycles. The Morgan fingerprint density at radius 2 is 2.58 bits per heavy atom. The van der Waals surface area contributed by atoms with Crippen LogP contribution in [0.3, 0.4) is 0 Å². The van der Waals surface area contributed by atoms with E-state index < -0.39 is 0 Å². The van der Waals surface area contributed by atoms with E-state index in [4.69, 9.17) is 0 Å². The summed E-state index contributed by atoms with van der Waals surface area (Å²) in [6, 6.07) is 0. The Morgan fingerprint density at radius 1 is 1.58 bits per heavy atom. The van der Waals surface area contributed by atoms with Crippen molar-refractivity contribution in [3.05, 3.63) is 18.2 Å². The molecule has 0 aromatic carbocycles. The maximum atomic E-state index is 4.20. The Hall–Kier alpha value is -0.830. The molecule has 1 unspecified atom stereocenters. The van der Waals surface area contributed by atoms with Gasteiger partial charge in [0.2, 0.25) is 0 Å². The van der Waals surface area contributed by atoms with E-state index in [1.165, 1.54) is 25.9 Å². The summed E-state index contributed by atoms with van der Waals surface area (Å²) >= 11 is 0. The fraction of sp³-hybridized carbons (Fsp3) is 0.667. The van der Waals surface area contributed by atoms with Gasteiger partial charge in [-0.05, 0) is 31.8 Å². The number of rotatable bonds is 3. The van der Waals surface area contributed by atoms with Crippen LogP contribution in [0.4, 0.5) is 0 Å². The maximum absolute atomic E-state index is 4.20. The van der Waals surface area contributed by atoms with Gasteiger partial charge in [-0.2, -0.15) is 0 Å². The number of imidazole rings is 1. The molecule has 0 aliphatic carbocycles. The molecule has 3 heteroatoms. The topological polar surface area (TPSA) is 40.7 Å². The van der Waals surface area contributed by atoms with E-state index in [-0.39, 0.29) is 0 Å². The second kappa shape index (κ2) is 3.72. The van der Waals surface area contributed by atoms with Gasteiger partial charge in [0.25, 0.3) is 0 Å². The van der Waals surface area contributed by atoms with Crippen molar-refractivity contribution >= 4 is 0 Å². The van der Waals surface area contributed by atoms with Crippen molar-refractivity contribution in [1.29, 1.82) is 0 Å². The molecule has 1 saturated heterocycles. The van der Waals surface area contributed by atoms with Crippen molar-refractivity contribution in [3.63, 3.8) is 0 Å². The van der Waals surface area contributed by atoms with Gasteiger partial charge < -0.3 is 10.3 Å². The Balaban J connectivity index is 1.74. The molecular formula is C9H15N3. The number of aryl methyl sites for hydroxylation is 1. The van der Waals surface area contributed by atoms with Gasteiger partial charge in [0.1, 0.15) is 5.82 Å². The lowest BCUT2D eigenvalue weighted by molar-refractivity contribution is 0.526. The van der Waals surface area contributed by atoms with Gasteiger partial charge in [0, 0.05) is 18.8 Å². The van der Waals surface area contributed by atoms with E-state index in [0.29, 0.717) is 0 Å². The number of aromatic amines is 1. The number of aromatic nitrogens is 2. The minimum Gasteiger partial charge on any atom is -0.349 e. The molecule has 0 spiro atoms. The van der Waals surface area contributed by atoms with Gasteiger partial charge in [-0.1, -0.05) is 0 Å². The minimum absolute atomic E-state index is 0.870. The predicted octanol–water partition coefficient (Wildman–Crippen LogP) is 0.952. The minimum atomic E-state index is 0.870. The van der Waals surface area contributed by atoms with Crippen molar-refractivity contribution in [2.45, 2.75) is 19.3 Å². The first-order valence-corrected chi connectivity index (χ1v) is 4.64. The molecule has 1 fully saturated rings. The molecule has 0 saturated carbocycles. The van der Waals surface area contributed by atoms with Crippen molar-refractivity contribution in [1.82, 2.24) is 15.3 Å². The highest BCUT2D eigenvalue weighted by Crippen LogP contribution is 2.13. The lowest BCUT2D eigenvalue weighted by atomic mass is 10.0. The average molecular weight is 165 g/mol. The molecule has 1 aliphatic rings. The molecule has 1 aromatic heterocycles. The molecule has 0 amide bonds. The van der Waals surface area contributed by atoms with Crippen molar-refractivity contribution in [2.24, 2.45) is 5.92 Å². The highest BCUT2D eigenvalue weighted by Gasteiger charge is 2.13. The Labute approximate surface area is 72.6 Å². The second-order valence-corrected chi connectivity index (χ2v) is 3.43. The van der Waals surface area contributed by atoms with E-state index in [9.17, 15) is 0 Å². The molecule has 1 aliphatic heterocycles. The summed E-state index contributed by atoms with van der Waals surface area (Å²) in [5, 5.41) is 3.37. The number of hydrogen-bond acceptors (Lipinski definition) is 2. The van der Waals surface area contributed by atoms with Gasteiger partial charge in [-0.3, -0.25) is 0 Å². The van der Waals surface area contributed by atoms with Crippen LogP contribution in [0.2, 0.25) is 0 Å². The molecule has 3 nitrogen and oxygen atoms in total. The normalized spacial score (nSPS) is 23.2. The van der Waals surface area contributed by atoms with Gasteiger partial charge >= 0.3 is 0 Å². The monoisotopic (exact) mass is 165 g/mol. The molecule has 12 heavy (non-hydrogen) atoms. The van der Waals surface area contributed by atoms with Crippen molar-refractivity contribution in [3.8, 4) is 0 Å². The summed E-state index contributed by atoms with van der Waals surface area (Å²) in [6.45, 7) is 2.39. The van der Waals surface area contributed by atoms with Crippen LogP contribution >= 0.6 is 0 Å². The van der Waals surface area contributed by atoms with Crippen LogP contribution in [0.15, 0.2) is 12.4 Å². The quantitative estimate of drug-likeness (QED) is 0.700. The standard InChI is InChI=1S/C9H15N3/c1(8-3-4-10-7-8)2-9-11-5-6-12-9/h5-6,8,10H,1-4,7H2,(H,11,12). The SMILES string of the molecule is c1c[nH]c(CCC2CCNC2)n1. The zero-order valence-electron chi connectivity index (χ0n) is 7.21. The summed E-state index contributed by atoms with van der Waals surface area (Å²) in [6.07, 6.45) is 7.41. The number of nitrogens with one attached hydrogen (secondary N) is 2. The molecule has 0 radical (unpaired) electrons. The number of hydrogen-bond donors (Lipinski definition) is 2. The van der Waals surface area contributed by atoms with Gasteiger partial charge in [-0.15, -0.1) is 0 Å². The van der Waals surface area contributed by atoms with Crippen LogP contribution in [-0.4, -0.2) is 23.1 Å². The van der Waals surface area contributed by atoms with Crippen molar-refractivity contribution < 1.29 is 0 Å². The zero-order valence-corrected chi connectivity index (χ0v) is 7.21. The molecule has 0 bridgehead atoms. The number of nitrogens with zero attached hydrogens (tertiary/aromatic N) is 1. The average Bonchev–Trinajstić information content (AvgIpc) is 2.74. The lowest BCUT2D eigenvalue weighted by Gasteiger charge is -2.04. The van der Waals surface area contributed by atoms with Gasteiger partial charge in [-0.25, -0.2) is 4.98 Å². The Bertz CT molecular complexity index is 212. The third kappa shape index (κ3) is 1.85. The van der Waals surface area contributed by atoms with E-state index in [1.807, 2.05) is 12.4 Å². The molecule has 66 valence electrons. The fourth-order valence-electron chi connectivity index (χ4n) is 1.74. The van der Waals surface area contributed by atoms with Crippen molar-refractivity contribution in [2.75, 3.05) is 13.1 Å². The van der Waals surface area contributed by atoms with Crippen LogP contribution < -0.4 is 5.32 Å². The van der Waals surface area contributed by atoms with E-state index >= 15 is 0 Å². The Kier molecular flexibility index (Phi) is 2.42. The third-order valence-corrected chi connectivity index (χ3v) is 2.51. The van der Waals surface area contributed by atoms with Crippen LogP contribution in [0, 0.1) is 5.92 Å². The van der Waals surface area contributed by atoms with E-state index in [0.717, 1.165) is 18.2 Å². The van der Waals surface area contributed by atoms with Gasteiger partial charge in [0.15, 0.2) is 0 Å². The summed E-state index contributed by atoms with van der Waals surface area (Å²) in [5.74, 6) is 2.00. The van der Waals surface area contributed by atoms with Crippen LogP contribution in [0.25, 0.3) is 0 Å². The first-order chi connectivity index (χ1) is 5.95. The zero-order chi connectivity index (χ0) is 8.23. The van der Waals surface area contributed by atoms with E-state index in [1.54, 1.807) is 0 Å². The smallest absolute Gasteiger partial charge is 0.106 e. The van der Waals surface area contributed by atoms with Crippen LogP contribution in [-0.2, 0) is 6.42 Å². The summed E-state index contributed by atoms with van der Waals surface area (Å²) < 4.78 is 0. The first-order valence-electron chi connectivity index (χ1n) is 4.64. The highest BCUT2D eigenvalue weighted by molar-refractivity contribution is 4.88. The van der Waals surface area contributed by atoms with Gasteiger partial charge in [0.05, 0.1) is 0 Å². The Morgan fingerprint density at radius 3 is 3.25 bits per heavy atom. The van der Waals surface area contributed by atoms with E-state index in [2.05, 4.69) is 15.3 Å². The first kappa shape index (κ1) is 7.80. The molecule has 1 atom stereocenters. The summed E-state index contributed by atoms with van der Waals surface area (Å²) in [4.78, 5) is 7.33. The number of H-pyrrole nitrogens is 1. The maximum Gasteiger partial charge on any atom is 0.106 e. The molecule has 2 N–H and O–H groups in total. The second-order valence-electron chi connectivity index (χ2n) is 3.43. The third-order valence-electron chi connectivity index (χ3n) is 2.51. The van der Waals surface area contributed by atoms with Crippen LogP contribution in [0.5, 0.6) is 0 Å². The molecular weight excluding hydrogens is 150 g/mol. The highest BCUT2D eigenvalue weighted by atomic mass is 14.9. The lowest BCUT2D eigenvalue weighted by Crippen LogP contribution is -2.09. The van der Waals surface area contributed by atoms with Crippen LogP contribution in [0.1, 0.15) is 18.7 Å².